The first-order valence-corrected chi connectivity index (χ1v) is 7.44. The zero-order chi connectivity index (χ0) is 15.2. The molecule has 21 heavy (non-hydrogen) atoms. The molecule has 1 aromatic carbocycles. The number of amides is 2. The molecule has 2 amide bonds. The lowest BCUT2D eigenvalue weighted by Crippen LogP contribution is -2.34. The molecule has 0 aliphatic carbocycles. The first kappa shape index (κ1) is 16.1. The number of nitrogens with one attached hydrogen (secondary N) is 2. The maximum Gasteiger partial charge on any atom is 0.233 e. The van der Waals surface area contributed by atoms with E-state index in [1.165, 1.54) is 0 Å². The van der Waals surface area contributed by atoms with E-state index in [2.05, 4.69) is 10.6 Å². The van der Waals surface area contributed by atoms with Crippen LogP contribution in [0, 0.1) is 0 Å². The Hall–Kier alpha value is -1.30. The fourth-order valence-electron chi connectivity index (χ4n) is 2.04. The highest BCUT2D eigenvalue weighted by molar-refractivity contribution is 6.39. The van der Waals surface area contributed by atoms with Crippen LogP contribution in [0.25, 0.3) is 0 Å². The summed E-state index contributed by atoms with van der Waals surface area (Å²) in [5, 5.41) is 5.88. The van der Waals surface area contributed by atoms with E-state index in [1.807, 2.05) is 0 Å². The molecule has 0 aromatic heterocycles. The summed E-state index contributed by atoms with van der Waals surface area (Å²) in [4.78, 5) is 23.5. The van der Waals surface area contributed by atoms with Crippen LogP contribution < -0.4 is 10.6 Å². The number of hydrogen-bond donors (Lipinski definition) is 2. The van der Waals surface area contributed by atoms with Gasteiger partial charge in [0.1, 0.15) is 6.42 Å². The lowest BCUT2D eigenvalue weighted by Gasteiger charge is -2.11. The topological polar surface area (TPSA) is 67.4 Å². The van der Waals surface area contributed by atoms with Crippen LogP contribution >= 0.6 is 23.2 Å². The zero-order valence-corrected chi connectivity index (χ0v) is 12.8. The van der Waals surface area contributed by atoms with Crippen LogP contribution in [0.15, 0.2) is 18.2 Å². The molecule has 1 atom stereocenters. The van der Waals surface area contributed by atoms with Gasteiger partial charge in [-0.2, -0.15) is 0 Å². The summed E-state index contributed by atoms with van der Waals surface area (Å²) in [5.41, 5.74) is 0.317. The fourth-order valence-corrected chi connectivity index (χ4v) is 2.53. The lowest BCUT2D eigenvalue weighted by molar-refractivity contribution is -0.127. The van der Waals surface area contributed by atoms with E-state index in [0.29, 0.717) is 22.3 Å². The third-order valence-corrected chi connectivity index (χ3v) is 3.73. The molecule has 0 radical (unpaired) electrons. The van der Waals surface area contributed by atoms with Gasteiger partial charge in [0, 0.05) is 13.2 Å². The predicted octanol–water partition coefficient (Wildman–Crippen LogP) is 2.62. The van der Waals surface area contributed by atoms with Crippen LogP contribution in [0.2, 0.25) is 10.0 Å². The molecular formula is C14H16Cl2N2O3. The summed E-state index contributed by atoms with van der Waals surface area (Å²) >= 11 is 11.9. The van der Waals surface area contributed by atoms with Crippen LogP contribution in [0.4, 0.5) is 5.69 Å². The summed E-state index contributed by atoms with van der Waals surface area (Å²) in [5.74, 6) is -0.819. The highest BCUT2D eigenvalue weighted by atomic mass is 35.5. The first-order chi connectivity index (χ1) is 10.1. The SMILES string of the molecule is O=C(CC(=O)Nc1c(Cl)cccc1Cl)NCC1CCCO1. The van der Waals surface area contributed by atoms with Gasteiger partial charge in [0.15, 0.2) is 0 Å². The van der Waals surface area contributed by atoms with Crippen molar-refractivity contribution in [1.82, 2.24) is 5.32 Å². The van der Waals surface area contributed by atoms with Crippen molar-refractivity contribution >= 4 is 40.7 Å². The molecular weight excluding hydrogens is 315 g/mol. The van der Waals surface area contributed by atoms with E-state index in [9.17, 15) is 9.59 Å². The highest BCUT2D eigenvalue weighted by Crippen LogP contribution is 2.29. The van der Waals surface area contributed by atoms with Crippen molar-refractivity contribution < 1.29 is 14.3 Å². The van der Waals surface area contributed by atoms with Gasteiger partial charge in [0.25, 0.3) is 0 Å². The van der Waals surface area contributed by atoms with Gasteiger partial charge in [-0.15, -0.1) is 0 Å². The quantitative estimate of drug-likeness (QED) is 0.815. The van der Waals surface area contributed by atoms with Gasteiger partial charge in [-0.3, -0.25) is 9.59 Å². The average Bonchev–Trinajstić information content (AvgIpc) is 2.94. The largest absolute Gasteiger partial charge is 0.376 e. The van der Waals surface area contributed by atoms with Crippen LogP contribution in [0.1, 0.15) is 19.3 Å². The van der Waals surface area contributed by atoms with Crippen molar-refractivity contribution in [2.75, 3.05) is 18.5 Å². The Bertz CT molecular complexity index is 511. The second kappa shape index (κ2) is 7.64. The summed E-state index contributed by atoms with van der Waals surface area (Å²) in [6, 6.07) is 4.90. The van der Waals surface area contributed by atoms with Crippen molar-refractivity contribution in [2.45, 2.75) is 25.4 Å². The van der Waals surface area contributed by atoms with Gasteiger partial charge in [0.05, 0.1) is 21.8 Å². The third-order valence-electron chi connectivity index (χ3n) is 3.10. The van der Waals surface area contributed by atoms with Gasteiger partial charge >= 0.3 is 0 Å². The van der Waals surface area contributed by atoms with Crippen LogP contribution in [0.5, 0.6) is 0 Å². The summed E-state index contributed by atoms with van der Waals surface area (Å²) in [6.07, 6.45) is 1.71. The Balaban J connectivity index is 1.79. The molecule has 2 rings (SSSR count). The van der Waals surface area contributed by atoms with Crippen LogP contribution in [-0.2, 0) is 14.3 Å². The number of benzene rings is 1. The molecule has 0 spiro atoms. The van der Waals surface area contributed by atoms with E-state index in [1.54, 1.807) is 18.2 Å². The lowest BCUT2D eigenvalue weighted by atomic mass is 10.2. The molecule has 1 fully saturated rings. The van der Waals surface area contributed by atoms with E-state index in [-0.39, 0.29) is 18.4 Å². The molecule has 1 saturated heterocycles. The molecule has 1 aliphatic heterocycles. The van der Waals surface area contributed by atoms with Crippen molar-refractivity contribution in [2.24, 2.45) is 0 Å². The van der Waals surface area contributed by atoms with Gasteiger partial charge in [-0.1, -0.05) is 29.3 Å². The minimum absolute atomic E-state index is 0.0509. The normalized spacial score (nSPS) is 17.5. The number of carbonyl (C=O) groups excluding carboxylic acids is 2. The van der Waals surface area contributed by atoms with Crippen LogP contribution in [-0.4, -0.2) is 31.1 Å². The Morgan fingerprint density at radius 3 is 2.57 bits per heavy atom. The van der Waals surface area contributed by atoms with Gasteiger partial charge in [0.2, 0.25) is 11.8 Å². The second-order valence-electron chi connectivity index (χ2n) is 4.76. The molecule has 1 aliphatic rings. The number of rotatable bonds is 5. The number of anilines is 1. The van der Waals surface area contributed by atoms with E-state index >= 15 is 0 Å². The Kier molecular flexibility index (Phi) is 5.85. The summed E-state index contributed by atoms with van der Waals surface area (Å²) < 4.78 is 5.39. The standard InChI is InChI=1S/C14H16Cl2N2O3/c15-10-4-1-5-11(16)14(10)18-13(20)7-12(19)17-8-9-3-2-6-21-9/h1,4-5,9H,2-3,6-8H2,(H,17,19)(H,18,20). The molecule has 1 unspecified atom stereocenters. The molecule has 7 heteroatoms. The van der Waals surface area contributed by atoms with E-state index < -0.39 is 5.91 Å². The highest BCUT2D eigenvalue weighted by Gasteiger charge is 2.18. The molecule has 2 N–H and O–H groups in total. The zero-order valence-electron chi connectivity index (χ0n) is 11.3. The van der Waals surface area contributed by atoms with Crippen LogP contribution in [0.3, 0.4) is 0 Å². The Morgan fingerprint density at radius 1 is 1.24 bits per heavy atom. The fraction of sp³-hybridized carbons (Fsp3) is 0.429. The summed E-state index contributed by atoms with van der Waals surface area (Å²) in [6.45, 7) is 1.16. The Labute approximate surface area is 132 Å². The molecule has 0 bridgehead atoms. The number of para-hydroxylation sites is 1. The van der Waals surface area contributed by atoms with Gasteiger partial charge in [-0.05, 0) is 25.0 Å². The first-order valence-electron chi connectivity index (χ1n) is 6.68. The van der Waals surface area contributed by atoms with E-state index in [0.717, 1.165) is 19.4 Å². The average molecular weight is 331 g/mol. The molecule has 1 aromatic rings. The van der Waals surface area contributed by atoms with Crippen molar-refractivity contribution in [3.8, 4) is 0 Å². The minimum Gasteiger partial charge on any atom is -0.376 e. The van der Waals surface area contributed by atoms with Gasteiger partial charge < -0.3 is 15.4 Å². The van der Waals surface area contributed by atoms with E-state index in [4.69, 9.17) is 27.9 Å². The maximum absolute atomic E-state index is 11.8. The van der Waals surface area contributed by atoms with Crippen molar-refractivity contribution in [3.63, 3.8) is 0 Å². The smallest absolute Gasteiger partial charge is 0.233 e. The van der Waals surface area contributed by atoms with Gasteiger partial charge in [-0.25, -0.2) is 0 Å². The third kappa shape index (κ3) is 4.88. The van der Waals surface area contributed by atoms with Crippen molar-refractivity contribution in [3.05, 3.63) is 28.2 Å². The molecule has 0 saturated carbocycles. The summed E-state index contributed by atoms with van der Waals surface area (Å²) in [7, 11) is 0. The number of carbonyl (C=O) groups is 2. The van der Waals surface area contributed by atoms with Crippen molar-refractivity contribution in [1.29, 1.82) is 0 Å². The second-order valence-corrected chi connectivity index (χ2v) is 5.58. The number of hydrogen-bond acceptors (Lipinski definition) is 3. The number of ether oxygens (including phenoxy) is 1. The molecule has 5 nitrogen and oxygen atoms in total. The predicted molar refractivity (Wildman–Crippen MR) is 81.7 cm³/mol. The monoisotopic (exact) mass is 330 g/mol. The minimum atomic E-state index is -0.463. The maximum atomic E-state index is 11.8. The molecule has 114 valence electrons. The Morgan fingerprint density at radius 2 is 1.95 bits per heavy atom. The number of halogens is 2. The molecule has 1 heterocycles.